The Hall–Kier alpha value is -0.363. The zero-order valence-corrected chi connectivity index (χ0v) is 12.6. The second-order valence-corrected chi connectivity index (χ2v) is 10.8. The molecule has 0 aromatic heterocycles. The zero-order chi connectivity index (χ0) is 12.6. The molecule has 0 N–H and O–H groups in total. The van der Waals surface area contributed by atoms with E-state index in [2.05, 4.69) is 35.6 Å². The van der Waals surface area contributed by atoms with Crippen LogP contribution in [0.25, 0.3) is 0 Å². The number of rotatable bonds is 4. The van der Waals surface area contributed by atoms with Gasteiger partial charge in [0.25, 0.3) is 0 Å². The first-order valence-electron chi connectivity index (χ1n) is 5.25. The minimum absolute atomic E-state index is 0.272. The molecule has 6 heteroatoms. The van der Waals surface area contributed by atoms with Crippen LogP contribution in [0.5, 0.6) is 0 Å². The fraction of sp³-hybridized carbons (Fsp3) is 0.800. The molecular formula is C10H17BrO4Si. The Bertz CT molecular complexity index is 312. The molecule has 0 bridgehead atoms. The van der Waals surface area contributed by atoms with Crippen LogP contribution in [0.1, 0.15) is 6.92 Å². The lowest BCUT2D eigenvalue weighted by atomic mass is 9.96. The minimum atomic E-state index is -1.79. The molecule has 2 atom stereocenters. The van der Waals surface area contributed by atoms with Crippen LogP contribution in [0.15, 0.2) is 0 Å². The summed E-state index contributed by atoms with van der Waals surface area (Å²) in [5.74, 6) is -0.703. The summed E-state index contributed by atoms with van der Waals surface area (Å²) in [6.07, 6.45) is 0. The molecule has 1 saturated heterocycles. The monoisotopic (exact) mass is 308 g/mol. The van der Waals surface area contributed by atoms with Crippen molar-refractivity contribution in [2.24, 2.45) is 0 Å². The zero-order valence-electron chi connectivity index (χ0n) is 10.0. The van der Waals surface area contributed by atoms with Crippen molar-refractivity contribution in [3.63, 3.8) is 0 Å². The van der Waals surface area contributed by atoms with E-state index in [1.54, 1.807) is 6.92 Å². The Labute approximate surface area is 105 Å². The molecule has 0 aliphatic carbocycles. The van der Waals surface area contributed by atoms with E-state index in [4.69, 9.17) is 9.47 Å². The van der Waals surface area contributed by atoms with E-state index in [0.29, 0.717) is 11.9 Å². The molecule has 1 heterocycles. The summed E-state index contributed by atoms with van der Waals surface area (Å²) in [4.78, 5) is 23.4. The first kappa shape index (κ1) is 13.7. The van der Waals surface area contributed by atoms with Gasteiger partial charge in [-0.05, 0) is 6.92 Å². The summed E-state index contributed by atoms with van der Waals surface area (Å²) in [5.41, 5.74) is -1.41. The predicted octanol–water partition coefficient (Wildman–Crippen LogP) is 1.95. The number of carbonyl (C=O) groups is 2. The summed E-state index contributed by atoms with van der Waals surface area (Å²) in [6.45, 7) is 8.19. The van der Waals surface area contributed by atoms with Gasteiger partial charge in [-0.2, -0.15) is 0 Å². The number of halogens is 1. The third kappa shape index (κ3) is 2.04. The number of carbonyl (C=O) groups excluding carboxylic acids is 2. The van der Waals surface area contributed by atoms with E-state index >= 15 is 0 Å². The molecule has 1 aliphatic heterocycles. The third-order valence-corrected chi connectivity index (χ3v) is 5.94. The second kappa shape index (κ2) is 4.48. The van der Waals surface area contributed by atoms with E-state index in [1.165, 1.54) is 0 Å². The lowest BCUT2D eigenvalue weighted by Crippen LogP contribution is -2.67. The molecule has 4 nitrogen and oxygen atoms in total. The van der Waals surface area contributed by atoms with Gasteiger partial charge < -0.3 is 9.47 Å². The Kier molecular flexibility index (Phi) is 3.84. The maximum Gasteiger partial charge on any atom is 0.352 e. The Morgan fingerprint density at radius 2 is 2.12 bits per heavy atom. The largest absolute Gasteiger partial charge is 0.463 e. The van der Waals surface area contributed by atoms with Crippen LogP contribution in [-0.4, -0.2) is 37.6 Å². The molecule has 92 valence electrons. The van der Waals surface area contributed by atoms with E-state index < -0.39 is 19.6 Å². The average molecular weight is 309 g/mol. The van der Waals surface area contributed by atoms with Crippen LogP contribution in [0, 0.1) is 0 Å². The number of hydrogen-bond acceptors (Lipinski definition) is 4. The average Bonchev–Trinajstić information content (AvgIpc) is 2.10. The molecule has 16 heavy (non-hydrogen) atoms. The van der Waals surface area contributed by atoms with Crippen LogP contribution in [0.3, 0.4) is 0 Å². The van der Waals surface area contributed by atoms with Gasteiger partial charge in [-0.25, -0.2) is 4.79 Å². The van der Waals surface area contributed by atoms with Crippen LogP contribution in [0.4, 0.5) is 0 Å². The smallest absolute Gasteiger partial charge is 0.352 e. The molecule has 0 aromatic carbocycles. The van der Waals surface area contributed by atoms with Crippen molar-refractivity contribution >= 4 is 35.9 Å². The molecule has 1 fully saturated rings. The van der Waals surface area contributed by atoms with Crippen LogP contribution < -0.4 is 0 Å². The van der Waals surface area contributed by atoms with Crippen molar-refractivity contribution in [3.05, 3.63) is 0 Å². The Morgan fingerprint density at radius 1 is 1.56 bits per heavy atom. The maximum atomic E-state index is 11.9. The van der Waals surface area contributed by atoms with Crippen molar-refractivity contribution in [2.45, 2.75) is 37.7 Å². The van der Waals surface area contributed by atoms with Crippen molar-refractivity contribution in [1.82, 2.24) is 0 Å². The minimum Gasteiger partial charge on any atom is -0.463 e. The number of cyclic esters (lactones) is 1. The summed E-state index contributed by atoms with van der Waals surface area (Å²) >= 11 is 3.26. The highest BCUT2D eigenvalue weighted by atomic mass is 79.9. The molecule has 0 radical (unpaired) electrons. The quantitative estimate of drug-likeness (QED) is 0.452. The fourth-order valence-electron chi connectivity index (χ4n) is 2.05. The van der Waals surface area contributed by atoms with Crippen molar-refractivity contribution in [2.75, 3.05) is 11.9 Å². The Balaban J connectivity index is 2.98. The number of hydrogen-bond donors (Lipinski definition) is 0. The predicted molar refractivity (Wildman–Crippen MR) is 66.3 cm³/mol. The highest BCUT2D eigenvalue weighted by Gasteiger charge is 2.66. The normalized spacial score (nSPS) is 29.3. The van der Waals surface area contributed by atoms with E-state index in [0.717, 1.165) is 0 Å². The lowest BCUT2D eigenvalue weighted by Gasteiger charge is -2.48. The van der Waals surface area contributed by atoms with Gasteiger partial charge in [0, 0.05) is 0 Å². The van der Waals surface area contributed by atoms with Gasteiger partial charge in [0.15, 0.2) is 0 Å². The molecular weight excluding hydrogens is 292 g/mol. The van der Waals surface area contributed by atoms with Gasteiger partial charge in [-0.1, -0.05) is 35.6 Å². The van der Waals surface area contributed by atoms with Gasteiger partial charge in [0.05, 0.1) is 20.0 Å². The van der Waals surface area contributed by atoms with E-state index in [-0.39, 0.29) is 11.5 Å². The summed E-state index contributed by atoms with van der Waals surface area (Å²) in [7, 11) is -1.79. The van der Waals surface area contributed by atoms with Crippen LogP contribution in [-0.2, 0) is 19.1 Å². The van der Waals surface area contributed by atoms with Gasteiger partial charge in [0.1, 0.15) is 5.54 Å². The highest BCUT2D eigenvalue weighted by Crippen LogP contribution is 2.47. The van der Waals surface area contributed by atoms with Crippen LogP contribution in [0.2, 0.25) is 25.2 Å². The molecule has 0 saturated carbocycles. The van der Waals surface area contributed by atoms with E-state index in [9.17, 15) is 9.59 Å². The number of ether oxygens (including phenoxy) is 2. The highest BCUT2D eigenvalue weighted by molar-refractivity contribution is 9.09. The molecule has 0 amide bonds. The topological polar surface area (TPSA) is 52.6 Å². The second-order valence-electron chi connectivity index (χ2n) is 4.96. The molecule has 0 spiro atoms. The Morgan fingerprint density at radius 3 is 2.44 bits per heavy atom. The van der Waals surface area contributed by atoms with Gasteiger partial charge in [-0.15, -0.1) is 0 Å². The summed E-state index contributed by atoms with van der Waals surface area (Å²) in [6, 6.07) is 0. The fourth-order valence-corrected chi connectivity index (χ4v) is 5.46. The summed E-state index contributed by atoms with van der Waals surface area (Å²) < 4.78 is 10.1. The standard InChI is InChI=1S/C10H17BrO4Si/c1-5-14-9(13)10(6-11)7(8(12)15-10)16(2,3)4/h7H,5-6H2,1-4H3/t7?,10-/m0/s1. The molecule has 1 aliphatic rings. The maximum absolute atomic E-state index is 11.9. The molecule has 1 unspecified atom stereocenters. The first-order valence-corrected chi connectivity index (χ1v) is 9.95. The number of esters is 2. The van der Waals surface area contributed by atoms with E-state index in [1.807, 2.05) is 0 Å². The molecule has 0 aromatic rings. The third-order valence-electron chi connectivity index (χ3n) is 2.67. The van der Waals surface area contributed by atoms with Crippen molar-refractivity contribution < 1.29 is 19.1 Å². The lowest BCUT2D eigenvalue weighted by molar-refractivity contribution is -0.203. The first-order chi connectivity index (χ1) is 7.29. The summed E-state index contributed by atoms with van der Waals surface area (Å²) in [5, 5.41) is 0.305. The van der Waals surface area contributed by atoms with Crippen LogP contribution >= 0.6 is 15.9 Å². The van der Waals surface area contributed by atoms with Crippen molar-refractivity contribution in [3.8, 4) is 0 Å². The number of alkyl halides is 1. The van der Waals surface area contributed by atoms with Gasteiger partial charge in [0.2, 0.25) is 5.60 Å². The van der Waals surface area contributed by atoms with Gasteiger partial charge in [-0.3, -0.25) is 4.79 Å². The molecule has 1 rings (SSSR count). The van der Waals surface area contributed by atoms with Crippen molar-refractivity contribution in [1.29, 1.82) is 0 Å². The van der Waals surface area contributed by atoms with Gasteiger partial charge >= 0.3 is 11.9 Å². The SMILES string of the molecule is CCOC(=O)[C@@]1(CBr)OC(=O)C1[Si](C)(C)C.